The Bertz CT molecular complexity index is 1000. The molecule has 3 rings (SSSR count). The quantitative estimate of drug-likeness (QED) is 0.498. The molecule has 3 aromatic rings. The number of aliphatic carboxylic acids is 1. The van der Waals surface area contributed by atoms with Gasteiger partial charge in [0.15, 0.2) is 6.10 Å². The first-order valence-electron chi connectivity index (χ1n) is 10.5. The Balaban J connectivity index is 1.65. The largest absolute Gasteiger partial charge is 0.493 e. The van der Waals surface area contributed by atoms with Crippen molar-refractivity contribution < 1.29 is 23.8 Å². The molecule has 0 spiro atoms. The van der Waals surface area contributed by atoms with Crippen LogP contribution in [0.15, 0.2) is 46.9 Å². The monoisotopic (exact) mass is 423 g/mol. The topological polar surface area (TPSA) is 81.8 Å². The zero-order chi connectivity index (χ0) is 22.4. The van der Waals surface area contributed by atoms with Crippen LogP contribution in [-0.4, -0.2) is 35.4 Å². The van der Waals surface area contributed by atoms with E-state index < -0.39 is 12.1 Å². The summed E-state index contributed by atoms with van der Waals surface area (Å²) in [6.07, 6.45) is 0.115. The smallest absolute Gasteiger partial charge is 0.333 e. The molecule has 1 heterocycles. The van der Waals surface area contributed by atoms with E-state index in [1.54, 1.807) is 6.92 Å². The van der Waals surface area contributed by atoms with Crippen LogP contribution in [0, 0.1) is 20.8 Å². The number of carboxylic acids is 1. The molecule has 164 valence electrons. The molecule has 1 aromatic heterocycles. The zero-order valence-corrected chi connectivity index (χ0v) is 18.5. The summed E-state index contributed by atoms with van der Waals surface area (Å²) in [6, 6.07) is 13.8. The Morgan fingerprint density at radius 3 is 2.42 bits per heavy atom. The van der Waals surface area contributed by atoms with E-state index in [2.05, 4.69) is 4.98 Å². The third kappa shape index (κ3) is 5.73. The molecule has 0 amide bonds. The van der Waals surface area contributed by atoms with Gasteiger partial charge in [0.05, 0.1) is 12.3 Å². The van der Waals surface area contributed by atoms with Gasteiger partial charge >= 0.3 is 5.97 Å². The summed E-state index contributed by atoms with van der Waals surface area (Å²) in [4.78, 5) is 16.0. The van der Waals surface area contributed by atoms with Gasteiger partial charge < -0.3 is 19.0 Å². The second kappa shape index (κ2) is 10.3. The van der Waals surface area contributed by atoms with Crippen molar-refractivity contribution in [2.45, 2.75) is 46.6 Å². The van der Waals surface area contributed by atoms with Gasteiger partial charge in [0.25, 0.3) is 0 Å². The normalized spacial score (nSPS) is 12.0. The predicted molar refractivity (Wildman–Crippen MR) is 119 cm³/mol. The molecule has 1 atom stereocenters. The van der Waals surface area contributed by atoms with Crippen LogP contribution in [0.5, 0.6) is 5.75 Å². The molecule has 1 unspecified atom stereocenters. The highest BCUT2D eigenvalue weighted by Gasteiger charge is 2.19. The van der Waals surface area contributed by atoms with E-state index in [9.17, 15) is 9.90 Å². The second-order valence-electron chi connectivity index (χ2n) is 7.53. The minimum atomic E-state index is -0.949. The van der Waals surface area contributed by atoms with Crippen molar-refractivity contribution in [2.24, 2.45) is 0 Å². The fourth-order valence-corrected chi connectivity index (χ4v) is 3.63. The van der Waals surface area contributed by atoms with Crippen LogP contribution in [0.4, 0.5) is 0 Å². The van der Waals surface area contributed by atoms with Crippen LogP contribution in [0.3, 0.4) is 0 Å². The molecule has 6 nitrogen and oxygen atoms in total. The van der Waals surface area contributed by atoms with Gasteiger partial charge in [0.2, 0.25) is 5.89 Å². The minimum absolute atomic E-state index is 0.325. The van der Waals surface area contributed by atoms with Crippen LogP contribution in [-0.2, 0) is 22.4 Å². The number of aryl methyl sites for hydroxylation is 3. The van der Waals surface area contributed by atoms with Crippen LogP contribution >= 0.6 is 0 Å². The number of benzene rings is 2. The van der Waals surface area contributed by atoms with Crippen molar-refractivity contribution in [3.63, 3.8) is 0 Å². The van der Waals surface area contributed by atoms with Crippen molar-refractivity contribution in [3.05, 3.63) is 70.6 Å². The van der Waals surface area contributed by atoms with Crippen LogP contribution < -0.4 is 4.74 Å². The maximum atomic E-state index is 11.4. The number of aromatic nitrogens is 1. The average Bonchev–Trinajstić information content (AvgIpc) is 3.11. The molecule has 0 saturated heterocycles. The van der Waals surface area contributed by atoms with Crippen molar-refractivity contribution in [1.82, 2.24) is 4.98 Å². The number of hydrogen-bond donors (Lipinski definition) is 1. The Morgan fingerprint density at radius 2 is 1.81 bits per heavy atom. The van der Waals surface area contributed by atoms with Gasteiger partial charge in [-0.1, -0.05) is 30.3 Å². The molecule has 0 saturated carbocycles. The lowest BCUT2D eigenvalue weighted by molar-refractivity contribution is -0.149. The predicted octanol–water partition coefficient (Wildman–Crippen LogP) is 4.92. The summed E-state index contributed by atoms with van der Waals surface area (Å²) >= 11 is 0. The van der Waals surface area contributed by atoms with E-state index in [4.69, 9.17) is 13.9 Å². The highest BCUT2D eigenvalue weighted by Crippen LogP contribution is 2.27. The Labute approximate surface area is 182 Å². The summed E-state index contributed by atoms with van der Waals surface area (Å²) in [5.41, 5.74) is 4.69. The SMILES string of the molecule is CCOC(Cc1cc(C)c(OCCc2nc(-c3ccccc3)oc2C)c(C)c1)C(=O)O. The van der Waals surface area contributed by atoms with Crippen LogP contribution in [0.2, 0.25) is 0 Å². The molecule has 2 aromatic carbocycles. The molecule has 0 aliphatic heterocycles. The van der Waals surface area contributed by atoms with E-state index in [0.29, 0.717) is 31.9 Å². The molecule has 0 aliphatic rings. The molecule has 0 radical (unpaired) electrons. The Hall–Kier alpha value is -3.12. The van der Waals surface area contributed by atoms with Crippen LogP contribution in [0.1, 0.15) is 35.1 Å². The highest BCUT2D eigenvalue weighted by atomic mass is 16.5. The Morgan fingerprint density at radius 1 is 1.13 bits per heavy atom. The molecular formula is C25H29NO5. The van der Waals surface area contributed by atoms with E-state index in [0.717, 1.165) is 39.5 Å². The summed E-state index contributed by atoms with van der Waals surface area (Å²) in [5.74, 6) is 1.28. The number of ether oxygens (including phenoxy) is 2. The summed E-state index contributed by atoms with van der Waals surface area (Å²) in [5, 5.41) is 9.32. The highest BCUT2D eigenvalue weighted by molar-refractivity contribution is 5.72. The molecule has 0 fully saturated rings. The van der Waals surface area contributed by atoms with Crippen molar-refractivity contribution in [2.75, 3.05) is 13.2 Å². The lowest BCUT2D eigenvalue weighted by Gasteiger charge is -2.16. The second-order valence-corrected chi connectivity index (χ2v) is 7.53. The van der Waals surface area contributed by atoms with Gasteiger partial charge in [-0.2, -0.15) is 0 Å². The number of hydrogen-bond acceptors (Lipinski definition) is 5. The van der Waals surface area contributed by atoms with Gasteiger partial charge in [-0.3, -0.25) is 0 Å². The number of nitrogens with zero attached hydrogens (tertiary/aromatic N) is 1. The first-order valence-corrected chi connectivity index (χ1v) is 10.5. The van der Waals surface area contributed by atoms with E-state index in [1.807, 2.05) is 63.2 Å². The maximum absolute atomic E-state index is 11.4. The van der Waals surface area contributed by atoms with Gasteiger partial charge in [-0.15, -0.1) is 0 Å². The molecule has 0 aliphatic carbocycles. The average molecular weight is 424 g/mol. The third-order valence-corrected chi connectivity index (χ3v) is 5.08. The first-order chi connectivity index (χ1) is 14.9. The lowest BCUT2D eigenvalue weighted by atomic mass is 10.0. The molecule has 6 heteroatoms. The maximum Gasteiger partial charge on any atom is 0.333 e. The fourth-order valence-electron chi connectivity index (χ4n) is 3.63. The van der Waals surface area contributed by atoms with E-state index in [-0.39, 0.29) is 0 Å². The molecule has 0 bridgehead atoms. The van der Waals surface area contributed by atoms with Crippen molar-refractivity contribution in [3.8, 4) is 17.2 Å². The number of rotatable bonds is 10. The van der Waals surface area contributed by atoms with Crippen molar-refractivity contribution in [1.29, 1.82) is 0 Å². The van der Waals surface area contributed by atoms with E-state index in [1.165, 1.54) is 0 Å². The lowest BCUT2D eigenvalue weighted by Crippen LogP contribution is -2.26. The molecule has 1 N–H and O–H groups in total. The van der Waals surface area contributed by atoms with Gasteiger partial charge in [0, 0.05) is 25.0 Å². The summed E-state index contributed by atoms with van der Waals surface area (Å²) in [6.45, 7) is 8.48. The van der Waals surface area contributed by atoms with Gasteiger partial charge in [-0.25, -0.2) is 9.78 Å². The number of carboxylic acid groups (broad SMARTS) is 1. The van der Waals surface area contributed by atoms with Gasteiger partial charge in [0.1, 0.15) is 11.5 Å². The van der Waals surface area contributed by atoms with Crippen molar-refractivity contribution >= 4 is 5.97 Å². The molecular weight excluding hydrogens is 394 g/mol. The fraction of sp³-hybridized carbons (Fsp3) is 0.360. The first kappa shape index (κ1) is 22.6. The summed E-state index contributed by atoms with van der Waals surface area (Å²) in [7, 11) is 0. The van der Waals surface area contributed by atoms with E-state index >= 15 is 0 Å². The van der Waals surface area contributed by atoms with Gasteiger partial charge in [-0.05, 0) is 56.5 Å². The number of oxazole rings is 1. The summed E-state index contributed by atoms with van der Waals surface area (Å²) < 4.78 is 17.2. The number of carbonyl (C=O) groups is 1. The molecule has 31 heavy (non-hydrogen) atoms. The zero-order valence-electron chi connectivity index (χ0n) is 18.5. The van der Waals surface area contributed by atoms with Crippen LogP contribution in [0.25, 0.3) is 11.5 Å². The minimum Gasteiger partial charge on any atom is -0.493 e. The third-order valence-electron chi connectivity index (χ3n) is 5.08. The Kier molecular flexibility index (Phi) is 7.47. The standard InChI is InChI=1S/C25H29NO5/c1-5-29-22(25(27)28)15-19-13-16(2)23(17(3)14-19)30-12-11-21-18(4)31-24(26-21)20-9-7-6-8-10-20/h6-10,13-14,22H,5,11-12,15H2,1-4H3,(H,27,28).